The number of carbonyl (C=O) groups is 1. The van der Waals surface area contributed by atoms with Crippen molar-refractivity contribution >= 4 is 26.7 Å². The molecule has 6 rings (SSSR count). The third-order valence-corrected chi connectivity index (χ3v) is 10.9. The molecule has 9 nitrogen and oxygen atoms in total. The lowest BCUT2D eigenvalue weighted by atomic mass is 9.84. The summed E-state index contributed by atoms with van der Waals surface area (Å²) in [4.78, 5) is 18.7. The van der Waals surface area contributed by atoms with Crippen LogP contribution in [-0.4, -0.2) is 92.0 Å². The molecule has 2 atom stereocenters. The van der Waals surface area contributed by atoms with Crippen molar-refractivity contribution in [1.82, 2.24) is 24.0 Å². The first-order valence-corrected chi connectivity index (χ1v) is 15.7. The Bertz CT molecular complexity index is 1490. The Morgan fingerprint density at radius 3 is 2.45 bits per heavy atom. The van der Waals surface area contributed by atoms with Crippen molar-refractivity contribution in [3.63, 3.8) is 0 Å². The van der Waals surface area contributed by atoms with Crippen LogP contribution in [0.15, 0.2) is 59.6 Å². The molecule has 1 N–H and O–H groups in total. The Balaban J connectivity index is 1.20. The number of amides is 1. The lowest BCUT2D eigenvalue weighted by Gasteiger charge is -2.46. The highest BCUT2D eigenvalue weighted by Crippen LogP contribution is 2.38. The molecule has 1 amide bonds. The second-order valence-electron chi connectivity index (χ2n) is 11.5. The van der Waals surface area contributed by atoms with Gasteiger partial charge in [0.25, 0.3) is 0 Å². The van der Waals surface area contributed by atoms with Gasteiger partial charge in [-0.3, -0.25) is 9.69 Å². The fraction of sp³-hybridized carbons (Fsp3) is 0.500. The fourth-order valence-corrected chi connectivity index (χ4v) is 8.16. The molecule has 2 aliphatic heterocycles. The Morgan fingerprint density at radius 1 is 0.975 bits per heavy atom. The molecular formula is C30H39N5O4S. The van der Waals surface area contributed by atoms with Gasteiger partial charge in [0, 0.05) is 63.2 Å². The number of likely N-dealkylation sites (N-methyl/N-ethyl adjacent to an activating group) is 1. The average Bonchev–Trinajstić information content (AvgIpc) is 3.43. The molecule has 1 aliphatic carbocycles. The number of nitrogens with one attached hydrogen (secondary N) is 1. The van der Waals surface area contributed by atoms with Crippen molar-refractivity contribution in [2.45, 2.75) is 49.3 Å². The first-order chi connectivity index (χ1) is 19.2. The van der Waals surface area contributed by atoms with E-state index < -0.39 is 22.0 Å². The molecule has 1 saturated heterocycles. The predicted octanol–water partition coefficient (Wildman–Crippen LogP) is 2.93. The molecule has 3 aliphatic rings. The SMILES string of the molecule is COc1ccc2cc(S(=O)(=O)N3CCn4cccc4C3C(C)C(=O)NC3CC(N4CCN(C)CC4)C3)ccc2c1. The van der Waals surface area contributed by atoms with Crippen LogP contribution in [0.3, 0.4) is 0 Å². The number of benzene rings is 2. The highest BCUT2D eigenvalue weighted by atomic mass is 32.2. The molecule has 0 bridgehead atoms. The Morgan fingerprint density at radius 2 is 1.70 bits per heavy atom. The van der Waals surface area contributed by atoms with Crippen LogP contribution in [0.25, 0.3) is 10.8 Å². The molecule has 214 valence electrons. The van der Waals surface area contributed by atoms with Crippen LogP contribution in [0.5, 0.6) is 5.75 Å². The summed E-state index contributed by atoms with van der Waals surface area (Å²) in [5.41, 5.74) is 0.854. The van der Waals surface area contributed by atoms with Gasteiger partial charge in [0.2, 0.25) is 15.9 Å². The third kappa shape index (κ3) is 5.02. The molecule has 10 heteroatoms. The number of carbonyl (C=O) groups excluding carboxylic acids is 1. The van der Waals surface area contributed by atoms with Crippen LogP contribution < -0.4 is 10.1 Å². The van der Waals surface area contributed by atoms with E-state index in [4.69, 9.17) is 4.74 Å². The van der Waals surface area contributed by atoms with Gasteiger partial charge in [0.15, 0.2) is 0 Å². The first-order valence-electron chi connectivity index (χ1n) is 14.2. The highest BCUT2D eigenvalue weighted by molar-refractivity contribution is 7.89. The quantitative estimate of drug-likeness (QED) is 0.474. The fourth-order valence-electron chi connectivity index (χ4n) is 6.46. The zero-order valence-electron chi connectivity index (χ0n) is 23.5. The van der Waals surface area contributed by atoms with Crippen LogP contribution in [0, 0.1) is 5.92 Å². The van der Waals surface area contributed by atoms with E-state index in [-0.39, 0.29) is 16.8 Å². The number of nitrogens with zero attached hydrogens (tertiary/aromatic N) is 4. The number of rotatable bonds is 7. The summed E-state index contributed by atoms with van der Waals surface area (Å²) in [6.07, 6.45) is 3.87. The summed E-state index contributed by atoms with van der Waals surface area (Å²) in [6.45, 7) is 7.03. The van der Waals surface area contributed by atoms with E-state index in [1.807, 2.05) is 49.5 Å². The van der Waals surface area contributed by atoms with Crippen molar-refractivity contribution in [3.8, 4) is 5.75 Å². The lowest BCUT2D eigenvalue weighted by Crippen LogP contribution is -2.59. The zero-order valence-corrected chi connectivity index (χ0v) is 24.3. The summed E-state index contributed by atoms with van der Waals surface area (Å²) in [5, 5.41) is 4.97. The Hall–Kier alpha value is -2.92. The van der Waals surface area contributed by atoms with Crippen molar-refractivity contribution < 1.29 is 17.9 Å². The van der Waals surface area contributed by atoms with E-state index in [2.05, 4.69) is 26.7 Å². The zero-order chi connectivity index (χ0) is 28.0. The van der Waals surface area contributed by atoms with Gasteiger partial charge in [-0.2, -0.15) is 4.31 Å². The van der Waals surface area contributed by atoms with E-state index in [0.29, 0.717) is 19.1 Å². The van der Waals surface area contributed by atoms with Gasteiger partial charge < -0.3 is 19.5 Å². The largest absolute Gasteiger partial charge is 0.497 e. The maximum atomic E-state index is 14.1. The van der Waals surface area contributed by atoms with Crippen LogP contribution in [-0.2, 0) is 21.4 Å². The summed E-state index contributed by atoms with van der Waals surface area (Å²) < 4.78 is 37.1. The van der Waals surface area contributed by atoms with Crippen molar-refractivity contribution in [2.24, 2.45) is 5.92 Å². The van der Waals surface area contributed by atoms with Crippen LogP contribution >= 0.6 is 0 Å². The van der Waals surface area contributed by atoms with Gasteiger partial charge in [-0.15, -0.1) is 0 Å². The van der Waals surface area contributed by atoms with Gasteiger partial charge in [-0.1, -0.05) is 19.1 Å². The molecule has 2 unspecified atom stereocenters. The number of ether oxygens (including phenoxy) is 1. The minimum atomic E-state index is -3.87. The van der Waals surface area contributed by atoms with E-state index in [1.165, 1.54) is 4.31 Å². The van der Waals surface area contributed by atoms with Gasteiger partial charge in [0.05, 0.1) is 24.0 Å². The standard InChI is InChI=1S/C30H39N5O4S/c1-21(30(36)31-24-19-25(20-24)33-13-11-32(2)12-14-33)29-28-5-4-10-34(28)15-16-35(29)40(37,38)27-9-7-22-17-26(39-3)8-6-23(22)18-27/h4-10,17-18,21,24-25,29H,11-16,19-20H2,1-3H3,(H,31,36). The molecule has 0 spiro atoms. The average molecular weight is 566 g/mol. The molecule has 1 aromatic heterocycles. The second kappa shape index (κ2) is 10.8. The number of sulfonamides is 1. The smallest absolute Gasteiger partial charge is 0.243 e. The number of methoxy groups -OCH3 is 1. The van der Waals surface area contributed by atoms with Gasteiger partial charge in [0.1, 0.15) is 5.75 Å². The normalized spacial score (nSPS) is 25.2. The second-order valence-corrected chi connectivity index (χ2v) is 13.4. The predicted molar refractivity (Wildman–Crippen MR) is 155 cm³/mol. The molecule has 3 aromatic rings. The van der Waals surface area contributed by atoms with Crippen LogP contribution in [0.1, 0.15) is 31.5 Å². The van der Waals surface area contributed by atoms with Gasteiger partial charge >= 0.3 is 0 Å². The number of fused-ring (bicyclic) bond motifs is 2. The van der Waals surface area contributed by atoms with Gasteiger partial charge in [-0.25, -0.2) is 8.42 Å². The Labute approximate surface area is 236 Å². The summed E-state index contributed by atoms with van der Waals surface area (Å²) >= 11 is 0. The number of hydrogen-bond acceptors (Lipinski definition) is 6. The van der Waals surface area contributed by atoms with Crippen LogP contribution in [0.2, 0.25) is 0 Å². The molecule has 3 heterocycles. The van der Waals surface area contributed by atoms with Crippen molar-refractivity contribution in [2.75, 3.05) is 46.9 Å². The Kier molecular flexibility index (Phi) is 7.37. The van der Waals surface area contributed by atoms with E-state index >= 15 is 0 Å². The maximum Gasteiger partial charge on any atom is 0.243 e. The molecule has 40 heavy (non-hydrogen) atoms. The molecule has 2 fully saturated rings. The lowest BCUT2D eigenvalue weighted by molar-refractivity contribution is -0.128. The first kappa shape index (κ1) is 27.3. The summed E-state index contributed by atoms with van der Waals surface area (Å²) in [6, 6.07) is 14.7. The van der Waals surface area contributed by atoms with Crippen molar-refractivity contribution in [3.05, 3.63) is 60.4 Å². The number of piperazine rings is 1. The minimum absolute atomic E-state index is 0.0905. The minimum Gasteiger partial charge on any atom is -0.497 e. The van der Waals surface area contributed by atoms with E-state index in [0.717, 1.165) is 61.2 Å². The number of aromatic nitrogens is 1. The van der Waals surface area contributed by atoms with E-state index in [1.54, 1.807) is 19.2 Å². The molecule has 1 saturated carbocycles. The molecule has 0 radical (unpaired) electrons. The third-order valence-electron chi connectivity index (χ3n) is 9.07. The maximum absolute atomic E-state index is 14.1. The molecular weight excluding hydrogens is 526 g/mol. The summed E-state index contributed by atoms with van der Waals surface area (Å²) in [7, 11) is -0.0978. The molecule has 2 aromatic carbocycles. The van der Waals surface area contributed by atoms with Gasteiger partial charge in [-0.05, 0) is 67.1 Å². The van der Waals surface area contributed by atoms with Crippen molar-refractivity contribution in [1.29, 1.82) is 0 Å². The summed E-state index contributed by atoms with van der Waals surface area (Å²) in [5.74, 6) is 0.0875. The van der Waals surface area contributed by atoms with E-state index in [9.17, 15) is 13.2 Å². The topological polar surface area (TPSA) is 87.1 Å². The monoisotopic (exact) mass is 565 g/mol. The number of hydrogen-bond donors (Lipinski definition) is 1. The highest BCUT2D eigenvalue weighted by Gasteiger charge is 2.43. The van der Waals surface area contributed by atoms with Crippen LogP contribution in [0.4, 0.5) is 0 Å².